The largest absolute Gasteiger partial charge is 0.493 e. The quantitative estimate of drug-likeness (QED) is 0.302. The molecule has 0 spiro atoms. The minimum absolute atomic E-state index is 0.00627. The topological polar surface area (TPSA) is 131 Å². The highest BCUT2D eigenvalue weighted by molar-refractivity contribution is 7.87. The van der Waals surface area contributed by atoms with Crippen LogP contribution in [0.4, 0.5) is 5.69 Å². The summed E-state index contributed by atoms with van der Waals surface area (Å²) in [6, 6.07) is 9.56. The fraction of sp³-hybridized carbons (Fsp3) is 0.250. The molecule has 0 fully saturated rings. The first kappa shape index (κ1) is 19.6. The number of para-hydroxylation sites is 1. The lowest BCUT2D eigenvalue weighted by Crippen LogP contribution is -2.12. The molecular formula is C16H18N2O7S. The molecule has 0 unspecified atom stereocenters. The van der Waals surface area contributed by atoms with E-state index in [1.54, 1.807) is 13.0 Å². The molecule has 26 heavy (non-hydrogen) atoms. The zero-order valence-corrected chi connectivity index (χ0v) is 14.8. The van der Waals surface area contributed by atoms with E-state index in [0.29, 0.717) is 30.9 Å². The Morgan fingerprint density at radius 1 is 1.12 bits per heavy atom. The van der Waals surface area contributed by atoms with E-state index in [1.807, 2.05) is 0 Å². The van der Waals surface area contributed by atoms with Crippen LogP contribution in [0.5, 0.6) is 11.5 Å². The minimum atomic E-state index is -4.39. The van der Waals surface area contributed by atoms with Gasteiger partial charge in [-0.1, -0.05) is 12.1 Å². The molecule has 0 heterocycles. The summed E-state index contributed by atoms with van der Waals surface area (Å²) in [5, 5.41) is 11.0. The highest BCUT2D eigenvalue weighted by Gasteiger charge is 2.27. The summed E-state index contributed by atoms with van der Waals surface area (Å²) in [6.07, 6.45) is 0.551. The normalized spacial score (nSPS) is 11.2. The van der Waals surface area contributed by atoms with Crippen molar-refractivity contribution in [2.45, 2.75) is 18.2 Å². The first-order chi connectivity index (χ1) is 12.3. The van der Waals surface area contributed by atoms with Crippen LogP contribution in [-0.4, -0.2) is 26.6 Å². The van der Waals surface area contributed by atoms with Crippen LogP contribution in [0.2, 0.25) is 0 Å². The lowest BCUT2D eigenvalue weighted by molar-refractivity contribution is -0.387. The van der Waals surface area contributed by atoms with Gasteiger partial charge in [0.05, 0.1) is 18.1 Å². The van der Waals surface area contributed by atoms with Crippen LogP contribution in [0.3, 0.4) is 0 Å². The predicted octanol–water partition coefficient (Wildman–Crippen LogP) is 2.33. The lowest BCUT2D eigenvalue weighted by Gasteiger charge is -2.11. The van der Waals surface area contributed by atoms with Crippen LogP contribution >= 0.6 is 0 Å². The third-order valence-electron chi connectivity index (χ3n) is 3.24. The Hall–Kier alpha value is -2.69. The standard InChI is InChI=1S/C16H18N2O7S/c1-12-9-13(23-7-4-8-24-17)11-14(10-12)25-26(21,22)16-6-3-2-5-15(16)18(19)20/h2-3,5-6,9-11H,4,7-8,17H2,1H3. The van der Waals surface area contributed by atoms with Gasteiger partial charge < -0.3 is 13.8 Å². The van der Waals surface area contributed by atoms with Crippen molar-refractivity contribution >= 4 is 15.8 Å². The van der Waals surface area contributed by atoms with Crippen molar-refractivity contribution in [1.29, 1.82) is 0 Å². The smallest absolute Gasteiger partial charge is 0.346 e. The molecule has 0 saturated carbocycles. The van der Waals surface area contributed by atoms with Crippen molar-refractivity contribution in [3.8, 4) is 11.5 Å². The van der Waals surface area contributed by atoms with Gasteiger partial charge in [0.1, 0.15) is 11.5 Å². The van der Waals surface area contributed by atoms with E-state index in [9.17, 15) is 18.5 Å². The van der Waals surface area contributed by atoms with Crippen molar-refractivity contribution < 1.29 is 27.1 Å². The molecule has 10 heteroatoms. The number of aryl methyl sites for hydroxylation is 1. The maximum atomic E-state index is 12.5. The Labute approximate surface area is 150 Å². The summed E-state index contributed by atoms with van der Waals surface area (Å²) in [4.78, 5) is 14.2. The van der Waals surface area contributed by atoms with E-state index in [-0.39, 0.29) is 5.75 Å². The van der Waals surface area contributed by atoms with Gasteiger partial charge in [0.25, 0.3) is 5.69 Å². The number of nitrogens with zero attached hydrogens (tertiary/aromatic N) is 1. The van der Waals surface area contributed by atoms with Crippen LogP contribution in [-0.2, 0) is 15.0 Å². The number of hydrogen-bond acceptors (Lipinski definition) is 8. The molecule has 0 bridgehead atoms. The first-order valence-electron chi connectivity index (χ1n) is 7.57. The van der Waals surface area contributed by atoms with Crippen LogP contribution in [0, 0.1) is 17.0 Å². The van der Waals surface area contributed by atoms with Crippen LogP contribution in [0.15, 0.2) is 47.4 Å². The second-order valence-electron chi connectivity index (χ2n) is 5.32. The van der Waals surface area contributed by atoms with Gasteiger partial charge in [0.2, 0.25) is 0 Å². The average molecular weight is 382 g/mol. The van der Waals surface area contributed by atoms with E-state index >= 15 is 0 Å². The summed E-state index contributed by atoms with van der Waals surface area (Å²) in [5.41, 5.74) is 0.142. The molecule has 0 radical (unpaired) electrons. The Morgan fingerprint density at radius 3 is 2.50 bits per heavy atom. The van der Waals surface area contributed by atoms with Crippen LogP contribution in [0.1, 0.15) is 12.0 Å². The maximum Gasteiger partial charge on any atom is 0.346 e. The Kier molecular flexibility index (Phi) is 6.50. The fourth-order valence-corrected chi connectivity index (χ4v) is 3.25. The molecule has 0 amide bonds. The third-order valence-corrected chi connectivity index (χ3v) is 4.53. The van der Waals surface area contributed by atoms with Crippen LogP contribution < -0.4 is 14.8 Å². The van der Waals surface area contributed by atoms with Gasteiger partial charge in [-0.25, -0.2) is 5.90 Å². The average Bonchev–Trinajstić information content (AvgIpc) is 2.58. The summed E-state index contributed by atoms with van der Waals surface area (Å²) < 4.78 is 35.5. The van der Waals surface area contributed by atoms with E-state index in [1.165, 1.54) is 24.3 Å². The molecule has 0 aliphatic carbocycles. The Bertz CT molecular complexity index is 884. The minimum Gasteiger partial charge on any atom is -0.493 e. The number of hydrogen-bond donors (Lipinski definition) is 1. The van der Waals surface area contributed by atoms with Gasteiger partial charge in [0, 0.05) is 18.6 Å². The lowest BCUT2D eigenvalue weighted by atomic mass is 10.2. The Balaban J connectivity index is 2.24. The highest BCUT2D eigenvalue weighted by Crippen LogP contribution is 2.29. The molecule has 0 aliphatic heterocycles. The number of rotatable bonds is 9. The zero-order chi connectivity index (χ0) is 19.2. The van der Waals surface area contributed by atoms with E-state index in [4.69, 9.17) is 14.8 Å². The third kappa shape index (κ3) is 5.15. The van der Waals surface area contributed by atoms with Crippen molar-refractivity contribution in [2.24, 2.45) is 5.90 Å². The van der Waals surface area contributed by atoms with Crippen molar-refractivity contribution in [3.63, 3.8) is 0 Å². The molecule has 2 aromatic rings. The number of nitrogens with two attached hydrogens (primary N) is 1. The number of nitro benzene ring substituents is 1. The molecular weight excluding hydrogens is 364 g/mol. The second kappa shape index (κ2) is 8.61. The summed E-state index contributed by atoms with van der Waals surface area (Å²) in [5.74, 6) is 5.32. The SMILES string of the molecule is Cc1cc(OCCCON)cc(OS(=O)(=O)c2ccccc2[N+](=O)[O-])c1. The number of nitro groups is 1. The van der Waals surface area contributed by atoms with E-state index < -0.39 is 25.6 Å². The second-order valence-corrected chi connectivity index (χ2v) is 6.83. The monoisotopic (exact) mass is 382 g/mol. The fourth-order valence-electron chi connectivity index (χ4n) is 2.17. The highest BCUT2D eigenvalue weighted by atomic mass is 32.2. The van der Waals surface area contributed by atoms with Gasteiger partial charge in [-0.2, -0.15) is 8.42 Å². The van der Waals surface area contributed by atoms with Gasteiger partial charge in [0.15, 0.2) is 4.90 Å². The van der Waals surface area contributed by atoms with Crippen molar-refractivity contribution in [3.05, 3.63) is 58.1 Å². The molecule has 2 rings (SSSR count). The number of ether oxygens (including phenoxy) is 1. The molecule has 140 valence electrons. The van der Waals surface area contributed by atoms with Gasteiger partial charge in [-0.3, -0.25) is 10.1 Å². The number of benzene rings is 2. The maximum absolute atomic E-state index is 12.5. The van der Waals surface area contributed by atoms with E-state index in [0.717, 1.165) is 12.1 Å². The van der Waals surface area contributed by atoms with E-state index in [2.05, 4.69) is 4.84 Å². The van der Waals surface area contributed by atoms with Crippen molar-refractivity contribution in [1.82, 2.24) is 0 Å². The summed E-state index contributed by atoms with van der Waals surface area (Å²) in [6.45, 7) is 2.37. The molecule has 2 aromatic carbocycles. The molecule has 0 atom stereocenters. The van der Waals surface area contributed by atoms with Crippen molar-refractivity contribution in [2.75, 3.05) is 13.2 Å². The van der Waals surface area contributed by atoms with Gasteiger partial charge >= 0.3 is 10.1 Å². The van der Waals surface area contributed by atoms with Gasteiger partial charge in [-0.15, -0.1) is 0 Å². The molecule has 0 saturated heterocycles. The molecule has 0 aliphatic rings. The molecule has 9 nitrogen and oxygen atoms in total. The zero-order valence-electron chi connectivity index (χ0n) is 14.0. The van der Waals surface area contributed by atoms with Gasteiger partial charge in [-0.05, 0) is 30.7 Å². The summed E-state index contributed by atoms with van der Waals surface area (Å²) >= 11 is 0. The van der Waals surface area contributed by atoms with Crippen LogP contribution in [0.25, 0.3) is 0 Å². The first-order valence-corrected chi connectivity index (χ1v) is 8.98. The molecule has 2 N–H and O–H groups in total. The Morgan fingerprint density at radius 2 is 1.81 bits per heavy atom. The summed E-state index contributed by atoms with van der Waals surface area (Å²) in [7, 11) is -4.39. The predicted molar refractivity (Wildman–Crippen MR) is 92.3 cm³/mol. The molecule has 0 aromatic heterocycles.